The van der Waals surface area contributed by atoms with Crippen LogP contribution in [0.1, 0.15) is 11.1 Å². The number of carbonyl (C=O) groups is 2. The molecule has 1 fully saturated rings. The molecule has 2 rings (SSSR count). The Hall–Kier alpha value is -1.92. The van der Waals surface area contributed by atoms with E-state index in [0.717, 1.165) is 24.2 Å². The molecule has 1 heterocycles. The molecular weight excluding hydrogens is 270 g/mol. The van der Waals surface area contributed by atoms with Gasteiger partial charge in [-0.15, -0.1) is 0 Å². The maximum absolute atomic E-state index is 11.8. The predicted octanol–water partition coefficient (Wildman–Crippen LogP) is 0.653. The highest BCUT2D eigenvalue weighted by molar-refractivity contribution is 5.95. The van der Waals surface area contributed by atoms with Crippen molar-refractivity contribution in [3.63, 3.8) is 0 Å². The number of hydrogen-bond acceptors (Lipinski definition) is 4. The summed E-state index contributed by atoms with van der Waals surface area (Å²) in [7, 11) is 0. The Morgan fingerprint density at radius 3 is 2.52 bits per heavy atom. The molecule has 1 aliphatic heterocycles. The molecule has 2 N–H and O–H groups in total. The van der Waals surface area contributed by atoms with Crippen LogP contribution in [0.15, 0.2) is 24.3 Å². The number of morpholine rings is 1. The topological polar surface area (TPSA) is 70.7 Å². The molecule has 6 heteroatoms. The van der Waals surface area contributed by atoms with Crippen LogP contribution < -0.4 is 10.6 Å². The number of urea groups is 1. The molecule has 0 aliphatic carbocycles. The number of hydrogen-bond donors (Lipinski definition) is 2. The molecule has 1 aromatic rings. The summed E-state index contributed by atoms with van der Waals surface area (Å²) in [6, 6.07) is 7.21. The largest absolute Gasteiger partial charge is 0.379 e. The Kier molecular flexibility index (Phi) is 5.71. The zero-order valence-corrected chi connectivity index (χ0v) is 12.2. The maximum atomic E-state index is 11.8. The maximum Gasteiger partial charge on any atom is 0.322 e. The number of ether oxygens (including phenoxy) is 1. The van der Waals surface area contributed by atoms with E-state index in [0.29, 0.717) is 19.9 Å². The van der Waals surface area contributed by atoms with Crippen molar-refractivity contribution in [2.24, 2.45) is 0 Å². The van der Waals surface area contributed by atoms with Gasteiger partial charge in [0.05, 0.1) is 26.3 Å². The Morgan fingerprint density at radius 1 is 1.19 bits per heavy atom. The van der Waals surface area contributed by atoms with Gasteiger partial charge >= 0.3 is 6.03 Å². The number of amides is 3. The van der Waals surface area contributed by atoms with Crippen molar-refractivity contribution in [1.82, 2.24) is 15.5 Å². The predicted molar refractivity (Wildman–Crippen MR) is 78.8 cm³/mol. The van der Waals surface area contributed by atoms with Gasteiger partial charge in [-0.05, 0) is 12.5 Å². The van der Waals surface area contributed by atoms with Crippen molar-refractivity contribution < 1.29 is 14.3 Å². The second kappa shape index (κ2) is 7.75. The first-order valence-corrected chi connectivity index (χ1v) is 7.07. The Bertz CT molecular complexity index is 481. The SMILES string of the molecule is Cc1ccc(CC(=O)NC(=O)NCN2CCOCC2)cc1. The van der Waals surface area contributed by atoms with Crippen LogP contribution >= 0.6 is 0 Å². The van der Waals surface area contributed by atoms with Crippen LogP contribution in [0.25, 0.3) is 0 Å². The number of imide groups is 1. The van der Waals surface area contributed by atoms with Crippen molar-refractivity contribution in [3.05, 3.63) is 35.4 Å². The first-order chi connectivity index (χ1) is 10.1. The smallest absolute Gasteiger partial charge is 0.322 e. The third kappa shape index (κ3) is 5.53. The van der Waals surface area contributed by atoms with Gasteiger partial charge in [0, 0.05) is 13.1 Å². The van der Waals surface area contributed by atoms with Gasteiger partial charge < -0.3 is 10.1 Å². The fourth-order valence-corrected chi connectivity index (χ4v) is 2.05. The number of benzene rings is 1. The second-order valence-corrected chi connectivity index (χ2v) is 5.10. The molecule has 0 saturated carbocycles. The minimum absolute atomic E-state index is 0.200. The van der Waals surface area contributed by atoms with E-state index in [4.69, 9.17) is 4.74 Å². The van der Waals surface area contributed by atoms with Gasteiger partial charge in [-0.25, -0.2) is 4.79 Å². The summed E-state index contributed by atoms with van der Waals surface area (Å²) in [5.41, 5.74) is 2.03. The second-order valence-electron chi connectivity index (χ2n) is 5.10. The summed E-state index contributed by atoms with van der Waals surface area (Å²) < 4.78 is 5.22. The van der Waals surface area contributed by atoms with Crippen molar-refractivity contribution in [2.45, 2.75) is 13.3 Å². The summed E-state index contributed by atoms with van der Waals surface area (Å²) in [5, 5.41) is 5.01. The molecule has 0 radical (unpaired) electrons. The van der Waals surface area contributed by atoms with Crippen molar-refractivity contribution >= 4 is 11.9 Å². The summed E-state index contributed by atoms with van der Waals surface area (Å²) in [5.74, 6) is -0.307. The monoisotopic (exact) mass is 291 g/mol. The lowest BCUT2D eigenvalue weighted by atomic mass is 10.1. The fraction of sp³-hybridized carbons (Fsp3) is 0.467. The molecule has 0 bridgehead atoms. The molecule has 1 aliphatic rings. The van der Waals surface area contributed by atoms with E-state index in [1.54, 1.807) is 0 Å². The number of rotatable bonds is 4. The third-order valence-corrected chi connectivity index (χ3v) is 3.31. The molecular formula is C15H21N3O3. The highest BCUT2D eigenvalue weighted by atomic mass is 16.5. The van der Waals surface area contributed by atoms with Crippen molar-refractivity contribution in [3.8, 4) is 0 Å². The van der Waals surface area contributed by atoms with Crippen molar-refractivity contribution in [2.75, 3.05) is 33.0 Å². The van der Waals surface area contributed by atoms with Crippen LogP contribution in [-0.4, -0.2) is 49.8 Å². The minimum atomic E-state index is -0.460. The van der Waals surface area contributed by atoms with Crippen LogP contribution in [0.3, 0.4) is 0 Å². The normalized spacial score (nSPS) is 15.5. The molecule has 0 unspecified atom stereocenters. The van der Waals surface area contributed by atoms with Gasteiger partial charge in [-0.1, -0.05) is 29.8 Å². The molecule has 6 nitrogen and oxygen atoms in total. The van der Waals surface area contributed by atoms with Crippen LogP contribution in [0, 0.1) is 6.92 Å². The molecule has 114 valence electrons. The summed E-state index contributed by atoms with van der Waals surface area (Å²) in [6.07, 6.45) is 0.200. The van der Waals surface area contributed by atoms with E-state index in [1.807, 2.05) is 31.2 Å². The average Bonchev–Trinajstić information content (AvgIpc) is 2.48. The Labute approximate surface area is 124 Å². The first kappa shape index (κ1) is 15.5. The highest BCUT2D eigenvalue weighted by Gasteiger charge is 2.12. The van der Waals surface area contributed by atoms with Gasteiger partial charge in [0.15, 0.2) is 0 Å². The molecule has 1 aromatic carbocycles. The Morgan fingerprint density at radius 2 is 1.86 bits per heavy atom. The minimum Gasteiger partial charge on any atom is -0.379 e. The summed E-state index contributed by atoms with van der Waals surface area (Å²) in [6.45, 7) is 5.34. The fourth-order valence-electron chi connectivity index (χ4n) is 2.05. The molecule has 3 amide bonds. The zero-order chi connectivity index (χ0) is 15.1. The third-order valence-electron chi connectivity index (χ3n) is 3.31. The lowest BCUT2D eigenvalue weighted by Crippen LogP contribution is -2.48. The van der Waals surface area contributed by atoms with Crippen molar-refractivity contribution in [1.29, 1.82) is 0 Å². The summed E-state index contributed by atoms with van der Waals surface area (Å²) >= 11 is 0. The number of aryl methyl sites for hydroxylation is 1. The van der Waals surface area contributed by atoms with E-state index in [9.17, 15) is 9.59 Å². The average molecular weight is 291 g/mol. The lowest BCUT2D eigenvalue weighted by Gasteiger charge is -2.26. The molecule has 0 spiro atoms. The van der Waals surface area contributed by atoms with Gasteiger partial charge in [0.2, 0.25) is 5.91 Å². The number of nitrogens with zero attached hydrogens (tertiary/aromatic N) is 1. The van der Waals surface area contributed by atoms with Gasteiger partial charge in [0.1, 0.15) is 0 Å². The lowest BCUT2D eigenvalue weighted by molar-refractivity contribution is -0.119. The quantitative estimate of drug-likeness (QED) is 0.854. The first-order valence-electron chi connectivity index (χ1n) is 7.07. The molecule has 0 aromatic heterocycles. The van der Waals surface area contributed by atoms with Crippen LogP contribution in [0.4, 0.5) is 4.79 Å². The summed E-state index contributed by atoms with van der Waals surface area (Å²) in [4.78, 5) is 25.5. The highest BCUT2D eigenvalue weighted by Crippen LogP contribution is 2.03. The molecule has 0 atom stereocenters. The van der Waals surface area contributed by atoms with E-state index >= 15 is 0 Å². The van der Waals surface area contributed by atoms with Gasteiger partial charge in [0.25, 0.3) is 0 Å². The molecule has 21 heavy (non-hydrogen) atoms. The Balaban J connectivity index is 1.69. The zero-order valence-electron chi connectivity index (χ0n) is 12.2. The van der Waals surface area contributed by atoms with E-state index in [2.05, 4.69) is 15.5 Å². The molecule has 1 saturated heterocycles. The standard InChI is InChI=1S/C15H21N3O3/c1-12-2-4-13(5-3-12)10-14(19)17-15(20)16-11-18-6-8-21-9-7-18/h2-5H,6-11H2,1H3,(H2,16,17,19,20). The van der Waals surface area contributed by atoms with Gasteiger partial charge in [-0.3, -0.25) is 15.0 Å². The van der Waals surface area contributed by atoms with E-state index < -0.39 is 6.03 Å². The van der Waals surface area contributed by atoms with E-state index in [1.165, 1.54) is 0 Å². The number of nitrogens with one attached hydrogen (secondary N) is 2. The van der Waals surface area contributed by atoms with Crippen LogP contribution in [0.2, 0.25) is 0 Å². The van der Waals surface area contributed by atoms with Gasteiger partial charge in [-0.2, -0.15) is 0 Å². The number of carbonyl (C=O) groups excluding carboxylic acids is 2. The van der Waals surface area contributed by atoms with Crippen LogP contribution in [-0.2, 0) is 16.0 Å². The van der Waals surface area contributed by atoms with E-state index in [-0.39, 0.29) is 12.3 Å². The van der Waals surface area contributed by atoms with Crippen LogP contribution in [0.5, 0.6) is 0 Å².